The van der Waals surface area contributed by atoms with E-state index in [2.05, 4.69) is 17.1 Å². The van der Waals surface area contributed by atoms with Crippen molar-refractivity contribution in [1.29, 1.82) is 0 Å². The van der Waals surface area contributed by atoms with Crippen molar-refractivity contribution in [2.45, 2.75) is 50.9 Å². The molecule has 1 atom stereocenters. The summed E-state index contributed by atoms with van der Waals surface area (Å²) in [6.45, 7) is 3.76. The van der Waals surface area contributed by atoms with E-state index in [-0.39, 0.29) is 17.2 Å². The first-order valence-corrected chi connectivity index (χ1v) is 10.9. The lowest BCUT2D eigenvalue weighted by Crippen LogP contribution is -2.49. The average Bonchev–Trinajstić information content (AvgIpc) is 3.35. The van der Waals surface area contributed by atoms with E-state index in [9.17, 15) is 9.59 Å². The second kappa shape index (κ2) is 7.35. The second-order valence-electron chi connectivity index (χ2n) is 8.38. The largest absolute Gasteiger partial charge is 0.397 e. The summed E-state index contributed by atoms with van der Waals surface area (Å²) in [6.07, 6.45) is 6.41. The molecule has 6 nitrogen and oxygen atoms in total. The van der Waals surface area contributed by atoms with Gasteiger partial charge in [0.2, 0.25) is 5.91 Å². The van der Waals surface area contributed by atoms with E-state index in [1.54, 1.807) is 7.05 Å². The van der Waals surface area contributed by atoms with Gasteiger partial charge in [-0.05, 0) is 37.8 Å². The number of carbonyl (C=O) groups is 2. The molecular weight excluding hydrogens is 372 g/mol. The molecule has 0 spiro atoms. The Hall–Kier alpha value is -2.15. The van der Waals surface area contributed by atoms with Gasteiger partial charge in [-0.15, -0.1) is 11.3 Å². The molecule has 7 heteroatoms. The zero-order valence-corrected chi connectivity index (χ0v) is 17.4. The summed E-state index contributed by atoms with van der Waals surface area (Å²) in [5, 5.41) is 3.46. The SMILES string of the molecule is CNC(=O)c1sc2nc([C@]3(C)CCCN(C(=O)C4CCCC4)C3)ccc2c1N. The van der Waals surface area contributed by atoms with Crippen molar-refractivity contribution in [2.24, 2.45) is 5.92 Å². The number of hydrogen-bond acceptors (Lipinski definition) is 5. The van der Waals surface area contributed by atoms with Crippen LogP contribution in [0.2, 0.25) is 0 Å². The molecule has 2 aromatic heterocycles. The van der Waals surface area contributed by atoms with Gasteiger partial charge in [-0.3, -0.25) is 9.59 Å². The zero-order valence-electron chi connectivity index (χ0n) is 16.6. The number of thiophene rings is 1. The molecule has 3 heterocycles. The number of pyridine rings is 1. The maximum atomic E-state index is 12.9. The fraction of sp³-hybridized carbons (Fsp3) is 0.571. The van der Waals surface area contributed by atoms with Crippen LogP contribution in [0.25, 0.3) is 10.2 Å². The summed E-state index contributed by atoms with van der Waals surface area (Å²) in [7, 11) is 1.60. The number of hydrogen-bond donors (Lipinski definition) is 2. The highest BCUT2D eigenvalue weighted by Crippen LogP contribution is 2.38. The second-order valence-corrected chi connectivity index (χ2v) is 9.38. The minimum Gasteiger partial charge on any atom is -0.397 e. The maximum Gasteiger partial charge on any atom is 0.263 e. The van der Waals surface area contributed by atoms with Crippen molar-refractivity contribution in [3.63, 3.8) is 0 Å². The van der Waals surface area contributed by atoms with Crippen LogP contribution in [0.1, 0.15) is 60.8 Å². The first kappa shape index (κ1) is 19.2. The van der Waals surface area contributed by atoms with E-state index in [1.807, 2.05) is 12.1 Å². The molecule has 0 radical (unpaired) electrons. The summed E-state index contributed by atoms with van der Waals surface area (Å²) < 4.78 is 0. The van der Waals surface area contributed by atoms with E-state index >= 15 is 0 Å². The molecule has 2 amide bonds. The number of rotatable bonds is 3. The normalized spacial score (nSPS) is 23.3. The van der Waals surface area contributed by atoms with Crippen LogP contribution in [0, 0.1) is 5.92 Å². The van der Waals surface area contributed by atoms with Crippen LogP contribution in [-0.4, -0.2) is 41.8 Å². The predicted octanol–water partition coefficient (Wildman–Crippen LogP) is 3.31. The molecule has 28 heavy (non-hydrogen) atoms. The van der Waals surface area contributed by atoms with Gasteiger partial charge >= 0.3 is 0 Å². The first-order valence-electron chi connectivity index (χ1n) is 10.1. The van der Waals surface area contributed by atoms with E-state index in [0.717, 1.165) is 48.1 Å². The van der Waals surface area contributed by atoms with Crippen LogP contribution >= 0.6 is 11.3 Å². The predicted molar refractivity (Wildman–Crippen MR) is 113 cm³/mol. The lowest BCUT2D eigenvalue weighted by Gasteiger charge is -2.41. The zero-order chi connectivity index (χ0) is 19.9. The number of carbonyl (C=O) groups excluding carboxylic acids is 2. The molecule has 150 valence electrons. The van der Waals surface area contributed by atoms with Crippen molar-refractivity contribution in [3.8, 4) is 0 Å². The lowest BCUT2D eigenvalue weighted by atomic mass is 9.78. The minimum absolute atomic E-state index is 0.174. The Morgan fingerprint density at radius 1 is 1.29 bits per heavy atom. The Bertz CT molecular complexity index is 919. The number of nitrogens with zero attached hydrogens (tertiary/aromatic N) is 2. The van der Waals surface area contributed by atoms with Gasteiger partial charge in [0.1, 0.15) is 9.71 Å². The smallest absolute Gasteiger partial charge is 0.263 e. The van der Waals surface area contributed by atoms with E-state index < -0.39 is 0 Å². The molecule has 2 aliphatic rings. The highest BCUT2D eigenvalue weighted by molar-refractivity contribution is 7.21. The van der Waals surface area contributed by atoms with Crippen LogP contribution in [0.5, 0.6) is 0 Å². The topological polar surface area (TPSA) is 88.3 Å². The van der Waals surface area contributed by atoms with Gasteiger partial charge in [-0.2, -0.15) is 0 Å². The van der Waals surface area contributed by atoms with Gasteiger partial charge in [-0.1, -0.05) is 19.8 Å². The molecule has 0 bridgehead atoms. The van der Waals surface area contributed by atoms with Crippen molar-refractivity contribution < 1.29 is 9.59 Å². The van der Waals surface area contributed by atoms with Gasteiger partial charge in [0.15, 0.2) is 0 Å². The molecule has 0 aromatic carbocycles. The Balaban J connectivity index is 1.62. The molecule has 3 N–H and O–H groups in total. The van der Waals surface area contributed by atoms with Gasteiger partial charge in [-0.25, -0.2) is 4.98 Å². The number of likely N-dealkylation sites (tertiary alicyclic amines) is 1. The molecule has 1 saturated heterocycles. The highest BCUT2D eigenvalue weighted by Gasteiger charge is 2.38. The van der Waals surface area contributed by atoms with Gasteiger partial charge in [0, 0.05) is 42.6 Å². The van der Waals surface area contributed by atoms with Crippen molar-refractivity contribution >= 4 is 39.1 Å². The monoisotopic (exact) mass is 400 g/mol. The summed E-state index contributed by atoms with van der Waals surface area (Å²) in [5.41, 5.74) is 7.46. The minimum atomic E-state index is -0.181. The lowest BCUT2D eigenvalue weighted by molar-refractivity contribution is -0.137. The van der Waals surface area contributed by atoms with Crippen molar-refractivity contribution in [2.75, 3.05) is 25.9 Å². The van der Waals surface area contributed by atoms with Crippen LogP contribution < -0.4 is 11.1 Å². The highest BCUT2D eigenvalue weighted by atomic mass is 32.1. The summed E-state index contributed by atoms with van der Waals surface area (Å²) in [4.78, 5) is 33.2. The van der Waals surface area contributed by atoms with E-state index in [0.29, 0.717) is 23.0 Å². The molecule has 2 aromatic rings. The molecule has 1 aliphatic heterocycles. The standard InChI is InChI=1S/C21H28N4O2S/c1-21(10-5-11-25(12-21)20(27)13-6-3-4-7-13)15-9-8-14-16(22)17(18(26)23-2)28-19(14)24-15/h8-9,13H,3-7,10-12,22H2,1-2H3,(H,23,26)/t21-/m1/s1. The van der Waals surface area contributed by atoms with Crippen LogP contribution in [0.15, 0.2) is 12.1 Å². The van der Waals surface area contributed by atoms with Gasteiger partial charge < -0.3 is 16.0 Å². The number of amides is 2. The molecule has 1 saturated carbocycles. The average molecular weight is 401 g/mol. The Morgan fingerprint density at radius 2 is 2.04 bits per heavy atom. The van der Waals surface area contributed by atoms with Gasteiger partial charge in [0.25, 0.3) is 5.91 Å². The number of fused-ring (bicyclic) bond motifs is 1. The summed E-state index contributed by atoms with van der Waals surface area (Å²) in [6, 6.07) is 3.99. The fourth-order valence-corrected chi connectivity index (χ4v) is 5.72. The third-order valence-electron chi connectivity index (χ3n) is 6.36. The van der Waals surface area contributed by atoms with Crippen LogP contribution in [0.4, 0.5) is 5.69 Å². The summed E-state index contributed by atoms with van der Waals surface area (Å²) >= 11 is 1.33. The third-order valence-corrected chi connectivity index (χ3v) is 7.47. The number of nitrogens with two attached hydrogens (primary N) is 1. The molecule has 2 fully saturated rings. The number of nitrogen functional groups attached to an aromatic ring is 1. The Kier molecular flexibility index (Phi) is 5.04. The molecule has 4 rings (SSSR count). The maximum absolute atomic E-state index is 12.9. The molecular formula is C21H28N4O2S. The van der Waals surface area contributed by atoms with Crippen molar-refractivity contribution in [3.05, 3.63) is 22.7 Å². The van der Waals surface area contributed by atoms with Crippen LogP contribution in [0.3, 0.4) is 0 Å². The molecule has 0 unspecified atom stereocenters. The Morgan fingerprint density at radius 3 is 2.75 bits per heavy atom. The number of piperidine rings is 1. The third kappa shape index (κ3) is 3.26. The Labute approximate surface area is 169 Å². The first-order chi connectivity index (χ1) is 13.4. The van der Waals surface area contributed by atoms with Crippen molar-refractivity contribution in [1.82, 2.24) is 15.2 Å². The number of aromatic nitrogens is 1. The summed E-state index contributed by atoms with van der Waals surface area (Å²) in [5.74, 6) is 0.357. The van der Waals surface area contributed by atoms with Crippen LogP contribution in [-0.2, 0) is 10.2 Å². The number of nitrogens with one attached hydrogen (secondary N) is 1. The quantitative estimate of drug-likeness (QED) is 0.827. The molecule has 1 aliphatic carbocycles. The van der Waals surface area contributed by atoms with Gasteiger partial charge in [0.05, 0.1) is 5.69 Å². The van der Waals surface area contributed by atoms with E-state index in [1.165, 1.54) is 24.2 Å². The number of anilines is 1. The fourth-order valence-electron chi connectivity index (χ4n) is 4.68. The van der Waals surface area contributed by atoms with E-state index in [4.69, 9.17) is 10.7 Å².